The van der Waals surface area contributed by atoms with E-state index >= 15 is 0 Å². The van der Waals surface area contributed by atoms with E-state index in [9.17, 15) is 0 Å². The molecule has 0 atom stereocenters. The molecule has 0 saturated carbocycles. The molecule has 0 radical (unpaired) electrons. The number of thiazole rings is 1. The summed E-state index contributed by atoms with van der Waals surface area (Å²) in [6.45, 7) is 4.06. The predicted octanol–water partition coefficient (Wildman–Crippen LogP) is 3.81. The van der Waals surface area contributed by atoms with Crippen molar-refractivity contribution in [2.24, 2.45) is 5.10 Å². The van der Waals surface area contributed by atoms with Gasteiger partial charge in [0.15, 0.2) is 0 Å². The second-order valence-electron chi connectivity index (χ2n) is 3.62. The van der Waals surface area contributed by atoms with Gasteiger partial charge in [-0.1, -0.05) is 12.1 Å². The summed E-state index contributed by atoms with van der Waals surface area (Å²) in [4.78, 5) is 4.27. The highest BCUT2D eigenvalue weighted by atomic mass is 127. The van der Waals surface area contributed by atoms with Crippen LogP contribution in [0.5, 0.6) is 0 Å². The quantitative estimate of drug-likeness (QED) is 0.515. The minimum absolute atomic E-state index is 0.821. The standard InChI is InChI=1S/C12H12IN3S/c1-8-7-17-12(15-8)16-14-6-10-4-3-5-11(13)9(10)2/h3-7H,1-2H3,(H,15,16). The average molecular weight is 357 g/mol. The van der Waals surface area contributed by atoms with Crippen molar-refractivity contribution in [1.29, 1.82) is 0 Å². The van der Waals surface area contributed by atoms with Gasteiger partial charge in [-0.2, -0.15) is 5.10 Å². The Bertz CT molecular complexity index is 548. The highest BCUT2D eigenvalue weighted by Crippen LogP contribution is 2.15. The number of hydrogen-bond acceptors (Lipinski definition) is 4. The van der Waals surface area contributed by atoms with Gasteiger partial charge in [0.1, 0.15) is 0 Å². The molecule has 0 aliphatic carbocycles. The lowest BCUT2D eigenvalue weighted by Gasteiger charge is -2.01. The molecule has 0 amide bonds. The number of aryl methyl sites for hydroxylation is 1. The molecule has 5 heteroatoms. The molecule has 1 heterocycles. The first-order valence-electron chi connectivity index (χ1n) is 5.13. The summed E-state index contributed by atoms with van der Waals surface area (Å²) in [6.07, 6.45) is 1.83. The number of halogens is 1. The Labute approximate surface area is 118 Å². The SMILES string of the molecule is Cc1csc(NN=Cc2cccc(I)c2C)n1. The van der Waals surface area contributed by atoms with Crippen molar-refractivity contribution in [2.75, 3.05) is 5.43 Å². The fourth-order valence-electron chi connectivity index (χ4n) is 1.33. The number of nitrogens with one attached hydrogen (secondary N) is 1. The molecule has 2 aromatic rings. The van der Waals surface area contributed by atoms with Gasteiger partial charge < -0.3 is 0 Å². The lowest BCUT2D eigenvalue weighted by molar-refractivity contribution is 1.22. The Kier molecular flexibility index (Phi) is 4.11. The fourth-order valence-corrected chi connectivity index (χ4v) is 2.48. The van der Waals surface area contributed by atoms with E-state index in [1.807, 2.05) is 24.6 Å². The van der Waals surface area contributed by atoms with Gasteiger partial charge in [0.2, 0.25) is 5.13 Å². The zero-order chi connectivity index (χ0) is 12.3. The first-order valence-corrected chi connectivity index (χ1v) is 7.09. The number of nitrogens with zero attached hydrogens (tertiary/aromatic N) is 2. The molecule has 0 spiro atoms. The second-order valence-corrected chi connectivity index (χ2v) is 5.64. The molecule has 0 unspecified atom stereocenters. The van der Waals surface area contributed by atoms with E-state index in [2.05, 4.69) is 57.2 Å². The van der Waals surface area contributed by atoms with Crippen LogP contribution in [-0.4, -0.2) is 11.2 Å². The summed E-state index contributed by atoms with van der Waals surface area (Å²) < 4.78 is 1.25. The van der Waals surface area contributed by atoms with Crippen LogP contribution in [0.1, 0.15) is 16.8 Å². The molecular weight excluding hydrogens is 345 g/mol. The van der Waals surface area contributed by atoms with Crippen LogP contribution in [0.2, 0.25) is 0 Å². The highest BCUT2D eigenvalue weighted by Gasteiger charge is 1.99. The third-order valence-electron chi connectivity index (χ3n) is 2.29. The lowest BCUT2D eigenvalue weighted by atomic mass is 10.1. The van der Waals surface area contributed by atoms with E-state index in [4.69, 9.17) is 0 Å². The number of hydrazone groups is 1. The lowest BCUT2D eigenvalue weighted by Crippen LogP contribution is -1.93. The fraction of sp³-hybridized carbons (Fsp3) is 0.167. The highest BCUT2D eigenvalue weighted by molar-refractivity contribution is 14.1. The first kappa shape index (κ1) is 12.5. The Hall–Kier alpha value is -0.950. The average Bonchev–Trinajstić information content (AvgIpc) is 2.70. The van der Waals surface area contributed by atoms with Gasteiger partial charge in [-0.3, -0.25) is 5.43 Å². The van der Waals surface area contributed by atoms with E-state index in [1.165, 1.54) is 9.13 Å². The number of rotatable bonds is 3. The molecule has 0 saturated heterocycles. The summed E-state index contributed by atoms with van der Waals surface area (Å²) in [5.41, 5.74) is 6.31. The Balaban J connectivity index is 2.08. The normalized spacial score (nSPS) is 11.0. The van der Waals surface area contributed by atoms with E-state index < -0.39 is 0 Å². The second kappa shape index (κ2) is 5.59. The van der Waals surface area contributed by atoms with Gasteiger partial charge in [-0.05, 0) is 53.6 Å². The van der Waals surface area contributed by atoms with Gasteiger partial charge in [-0.25, -0.2) is 4.98 Å². The maximum atomic E-state index is 4.27. The molecule has 3 nitrogen and oxygen atoms in total. The summed E-state index contributed by atoms with van der Waals surface area (Å²) in [5, 5.41) is 7.01. The zero-order valence-corrected chi connectivity index (χ0v) is 12.5. The van der Waals surface area contributed by atoms with Crippen molar-refractivity contribution in [3.05, 3.63) is 44.0 Å². The summed E-state index contributed by atoms with van der Waals surface area (Å²) in [6, 6.07) is 6.17. The number of anilines is 1. The third-order valence-corrected chi connectivity index (χ3v) is 4.33. The largest absolute Gasteiger partial charge is 0.253 e. The van der Waals surface area contributed by atoms with Gasteiger partial charge >= 0.3 is 0 Å². The van der Waals surface area contributed by atoms with Gasteiger partial charge in [-0.15, -0.1) is 11.3 Å². The number of benzene rings is 1. The zero-order valence-electron chi connectivity index (χ0n) is 9.57. The van der Waals surface area contributed by atoms with Crippen LogP contribution in [0, 0.1) is 17.4 Å². The molecule has 0 aliphatic rings. The van der Waals surface area contributed by atoms with Crippen LogP contribution in [-0.2, 0) is 0 Å². The van der Waals surface area contributed by atoms with E-state index in [-0.39, 0.29) is 0 Å². The molecule has 0 aliphatic heterocycles. The maximum absolute atomic E-state index is 4.27. The van der Waals surface area contributed by atoms with Crippen molar-refractivity contribution in [1.82, 2.24) is 4.98 Å². The van der Waals surface area contributed by atoms with Crippen LogP contribution in [0.4, 0.5) is 5.13 Å². The Morgan fingerprint density at radius 2 is 2.24 bits per heavy atom. The summed E-state index contributed by atoms with van der Waals surface area (Å²) in [5.74, 6) is 0. The first-order chi connectivity index (χ1) is 8.16. The van der Waals surface area contributed by atoms with Gasteiger partial charge in [0.05, 0.1) is 11.9 Å². The Morgan fingerprint density at radius 1 is 1.41 bits per heavy atom. The van der Waals surface area contributed by atoms with E-state index in [1.54, 1.807) is 11.3 Å². The van der Waals surface area contributed by atoms with Crippen molar-refractivity contribution < 1.29 is 0 Å². The number of hydrogen-bond donors (Lipinski definition) is 1. The van der Waals surface area contributed by atoms with Crippen molar-refractivity contribution in [3.8, 4) is 0 Å². The molecule has 0 fully saturated rings. The van der Waals surface area contributed by atoms with Crippen LogP contribution in [0.3, 0.4) is 0 Å². The van der Waals surface area contributed by atoms with Gasteiger partial charge in [0.25, 0.3) is 0 Å². The minimum atomic E-state index is 0.821. The van der Waals surface area contributed by atoms with Crippen LogP contribution >= 0.6 is 33.9 Å². The van der Waals surface area contributed by atoms with Crippen LogP contribution < -0.4 is 5.43 Å². The molecule has 1 aromatic heterocycles. The summed E-state index contributed by atoms with van der Waals surface area (Å²) >= 11 is 3.88. The van der Waals surface area contributed by atoms with Crippen LogP contribution in [0.15, 0.2) is 28.7 Å². The van der Waals surface area contributed by atoms with Crippen molar-refractivity contribution in [2.45, 2.75) is 13.8 Å². The molecule has 1 N–H and O–H groups in total. The topological polar surface area (TPSA) is 37.3 Å². The maximum Gasteiger partial charge on any atom is 0.203 e. The van der Waals surface area contributed by atoms with E-state index in [0.29, 0.717) is 0 Å². The van der Waals surface area contributed by atoms with E-state index in [0.717, 1.165) is 16.4 Å². The molecule has 17 heavy (non-hydrogen) atoms. The van der Waals surface area contributed by atoms with Crippen LogP contribution in [0.25, 0.3) is 0 Å². The van der Waals surface area contributed by atoms with Crippen molar-refractivity contribution >= 4 is 45.3 Å². The molecule has 2 rings (SSSR count). The molecular formula is C12H12IN3S. The van der Waals surface area contributed by atoms with Gasteiger partial charge in [0, 0.05) is 8.95 Å². The predicted molar refractivity (Wildman–Crippen MR) is 82.0 cm³/mol. The molecule has 88 valence electrons. The number of aromatic nitrogens is 1. The molecule has 0 bridgehead atoms. The monoisotopic (exact) mass is 357 g/mol. The third kappa shape index (κ3) is 3.26. The van der Waals surface area contributed by atoms with Crippen molar-refractivity contribution in [3.63, 3.8) is 0 Å². The minimum Gasteiger partial charge on any atom is -0.253 e. The summed E-state index contributed by atoms with van der Waals surface area (Å²) in [7, 11) is 0. The molecule has 1 aromatic carbocycles. The smallest absolute Gasteiger partial charge is 0.203 e. The Morgan fingerprint density at radius 3 is 2.94 bits per heavy atom.